The number of esters is 1. The van der Waals surface area contributed by atoms with Crippen LogP contribution in [0.15, 0.2) is 47.6 Å². The van der Waals surface area contributed by atoms with E-state index in [-0.39, 0.29) is 74.8 Å². The highest BCUT2D eigenvalue weighted by Gasteiger charge is 2.53. The molecule has 454 valence electrons. The van der Waals surface area contributed by atoms with Gasteiger partial charge in [0.25, 0.3) is 11.7 Å². The van der Waals surface area contributed by atoms with Crippen LogP contribution in [0.1, 0.15) is 138 Å². The molecule has 0 radical (unpaired) electrons. The summed E-state index contributed by atoms with van der Waals surface area (Å²) in [7, 11) is -4.39. The van der Waals surface area contributed by atoms with Gasteiger partial charge in [-0.15, -0.1) is 0 Å². The minimum absolute atomic E-state index is 0.0217. The van der Waals surface area contributed by atoms with E-state index in [1.165, 1.54) is 14.2 Å². The monoisotopic (exact) mass is 1170 g/mol. The molecule has 21 nitrogen and oxygen atoms in total. The van der Waals surface area contributed by atoms with E-state index in [1.54, 1.807) is 40.9 Å². The van der Waals surface area contributed by atoms with Crippen molar-refractivity contribution >= 4 is 50.3 Å². The first kappa shape index (κ1) is 68.8. The van der Waals surface area contributed by atoms with Crippen LogP contribution in [0.2, 0.25) is 0 Å². The SMILES string of the molecule is CO[C@H]1C[C@@H]2CC[C@@H](C)[C@@](O)(O2)C(=O)C(=O)N2CCCC[C@H]2C(=O)O[C@H]([C@H](C)C[C@H]2CC[C@@H](OC(=O)OCCCCP(=O)(O)CP(=O)(O)O)[C@H](OC)C2)CC(=O)[C@H](C)/C=C(\C)[C@@H](O)[C@@H](OC)C(=O)[C@H](C)C[C@H](C)/C=C/C=C/C=C/1C. The van der Waals surface area contributed by atoms with E-state index < -0.39 is 123 Å². The van der Waals surface area contributed by atoms with Crippen LogP contribution in [0.4, 0.5) is 4.79 Å². The van der Waals surface area contributed by atoms with Gasteiger partial charge in [0.2, 0.25) is 13.2 Å². The smallest absolute Gasteiger partial charge is 0.460 e. The van der Waals surface area contributed by atoms with Gasteiger partial charge in [0.05, 0.1) is 24.9 Å². The van der Waals surface area contributed by atoms with Crippen molar-refractivity contribution in [3.8, 4) is 0 Å². The summed E-state index contributed by atoms with van der Waals surface area (Å²) < 4.78 is 63.8. The number of Topliss-reactive ketones (excluding diaryl/α,β-unsaturated/α-hetero) is 3. The van der Waals surface area contributed by atoms with E-state index in [2.05, 4.69) is 0 Å². The Morgan fingerprint density at radius 2 is 1.56 bits per heavy atom. The fourth-order valence-electron chi connectivity index (χ4n) is 11.4. The summed E-state index contributed by atoms with van der Waals surface area (Å²) >= 11 is 0. The Morgan fingerprint density at radius 1 is 0.850 bits per heavy atom. The van der Waals surface area contributed by atoms with Crippen molar-refractivity contribution in [1.82, 2.24) is 4.90 Å². The van der Waals surface area contributed by atoms with Crippen LogP contribution in [0.5, 0.6) is 0 Å². The molecule has 3 heterocycles. The molecule has 2 bridgehead atoms. The topological polar surface area (TPSA) is 306 Å². The van der Waals surface area contributed by atoms with Crippen LogP contribution in [-0.2, 0) is 66.3 Å². The average Bonchev–Trinajstić information content (AvgIpc) is 3.39. The van der Waals surface area contributed by atoms with Crippen molar-refractivity contribution in [3.05, 3.63) is 47.6 Å². The molecule has 1 aliphatic carbocycles. The maximum atomic E-state index is 14.6. The van der Waals surface area contributed by atoms with E-state index in [0.717, 1.165) is 10.5 Å². The van der Waals surface area contributed by atoms with Gasteiger partial charge >= 0.3 is 19.7 Å². The number of rotatable bonds is 14. The lowest BCUT2D eigenvalue weighted by Crippen LogP contribution is -2.61. The van der Waals surface area contributed by atoms with E-state index in [4.69, 9.17) is 42.9 Å². The van der Waals surface area contributed by atoms with Crippen molar-refractivity contribution in [2.45, 2.75) is 193 Å². The largest absolute Gasteiger partial charge is 0.508 e. The average molecular weight is 1170 g/mol. The summed E-state index contributed by atoms with van der Waals surface area (Å²) in [5, 5.41) is 23.6. The number of ketones is 3. The van der Waals surface area contributed by atoms with E-state index in [9.17, 15) is 53.0 Å². The van der Waals surface area contributed by atoms with Crippen molar-refractivity contribution in [3.63, 3.8) is 0 Å². The minimum Gasteiger partial charge on any atom is -0.460 e. The number of amides is 1. The molecule has 0 aromatic carbocycles. The van der Waals surface area contributed by atoms with Gasteiger partial charge in [0.15, 0.2) is 5.78 Å². The Kier molecular flexibility index (Phi) is 27.3. The number of carbonyl (C=O) groups excluding carboxylic acids is 6. The molecular weight excluding hydrogens is 1080 g/mol. The van der Waals surface area contributed by atoms with Crippen molar-refractivity contribution in [1.29, 1.82) is 0 Å². The van der Waals surface area contributed by atoms with Crippen LogP contribution < -0.4 is 0 Å². The molecule has 80 heavy (non-hydrogen) atoms. The molecule has 1 amide bonds. The number of carbonyl (C=O) groups is 6. The van der Waals surface area contributed by atoms with Gasteiger partial charge in [-0.2, -0.15) is 0 Å². The maximum absolute atomic E-state index is 14.6. The molecule has 1 saturated carbocycles. The Balaban J connectivity index is 1.60. The third-order valence-corrected chi connectivity index (χ3v) is 20.5. The molecule has 3 fully saturated rings. The highest BCUT2D eigenvalue weighted by atomic mass is 31.2. The zero-order valence-electron chi connectivity index (χ0n) is 48.5. The third kappa shape index (κ3) is 20.6. The van der Waals surface area contributed by atoms with Crippen molar-refractivity contribution in [2.24, 2.45) is 35.5 Å². The third-order valence-electron chi connectivity index (χ3n) is 16.2. The first-order valence-corrected chi connectivity index (χ1v) is 32.0. The summed E-state index contributed by atoms with van der Waals surface area (Å²) in [4.78, 5) is 113. The van der Waals surface area contributed by atoms with Gasteiger partial charge in [0, 0.05) is 64.6 Å². The van der Waals surface area contributed by atoms with Crippen molar-refractivity contribution < 1.29 is 95.9 Å². The van der Waals surface area contributed by atoms with E-state index >= 15 is 0 Å². The van der Waals surface area contributed by atoms with Crippen LogP contribution in [0.25, 0.3) is 0 Å². The zero-order chi connectivity index (χ0) is 59.7. The molecule has 0 aromatic rings. The predicted molar refractivity (Wildman–Crippen MR) is 296 cm³/mol. The number of methoxy groups -OCH3 is 3. The summed E-state index contributed by atoms with van der Waals surface area (Å²) in [6.45, 7) is 12.2. The molecular formula is C57H91NO20P2. The van der Waals surface area contributed by atoms with Crippen LogP contribution in [0.3, 0.4) is 0 Å². The Hall–Kier alpha value is -3.72. The van der Waals surface area contributed by atoms with Crippen LogP contribution >= 0.6 is 15.0 Å². The molecule has 0 spiro atoms. The van der Waals surface area contributed by atoms with Gasteiger partial charge in [-0.3, -0.25) is 28.3 Å². The van der Waals surface area contributed by atoms with E-state index in [0.29, 0.717) is 63.4 Å². The molecule has 4 rings (SSSR count). The van der Waals surface area contributed by atoms with Gasteiger partial charge in [0.1, 0.15) is 42.1 Å². The number of aliphatic hydroxyl groups is 2. The van der Waals surface area contributed by atoms with Gasteiger partial charge in [-0.05, 0) is 120 Å². The lowest BCUT2D eigenvalue weighted by Gasteiger charge is -2.42. The lowest BCUT2D eigenvalue weighted by atomic mass is 9.78. The number of hydrogen-bond acceptors (Lipinski definition) is 17. The normalized spacial score (nSPS) is 36.0. The van der Waals surface area contributed by atoms with Crippen LogP contribution in [0, 0.1) is 35.5 Å². The molecule has 2 saturated heterocycles. The van der Waals surface area contributed by atoms with E-state index in [1.807, 2.05) is 51.2 Å². The minimum atomic E-state index is -4.69. The fourth-order valence-corrected chi connectivity index (χ4v) is 15.0. The van der Waals surface area contributed by atoms with Gasteiger partial charge < -0.3 is 63.0 Å². The fraction of sp³-hybridized carbons (Fsp3) is 0.754. The molecule has 23 heteroatoms. The quantitative estimate of drug-likeness (QED) is 0.0369. The highest BCUT2D eigenvalue weighted by molar-refractivity contribution is 7.72. The number of ether oxygens (including phenoxy) is 7. The standard InChI is InChI=1S/C57H91NO20P2/c1-35-18-12-11-13-19-36(2)47(72-8)32-43-23-21-41(7)57(66,78-43)53(62)54(63)58-25-15-14-20-44(58)55(64)76-48(33-45(59)37(3)29-40(6)51(61)52(74-10)50(60)39(5)28-35)38(4)30-42-22-24-46(49(31-42)73-9)77-56(65)75-26-16-17-27-79(67,68)34-80(69,70)71/h11-13,18-19,29,35,37-39,41-44,46-49,51-52,61,66H,14-17,20-28,30-34H2,1-10H3,(H,67,68)(H2,69,70,71)/b13-11+,18-12+,36-19+,40-29+/t35-,37-,38-,39-,41-,42-,43+,44+,46-,47+,48+,49-,51-,52+,57-/m1/s1. The first-order chi connectivity index (χ1) is 37.5. The number of hydrogen-bond donors (Lipinski definition) is 5. The first-order valence-electron chi connectivity index (χ1n) is 28.2. The van der Waals surface area contributed by atoms with Crippen molar-refractivity contribution in [2.75, 3.05) is 46.5 Å². The number of allylic oxidation sites excluding steroid dienone is 6. The zero-order valence-corrected chi connectivity index (χ0v) is 50.3. The Labute approximate surface area is 472 Å². The molecule has 16 atom stereocenters. The number of piperidine rings is 1. The number of nitrogens with zero attached hydrogens (tertiary/aromatic N) is 1. The summed E-state index contributed by atoms with van der Waals surface area (Å²) in [6, 6.07) is -1.23. The Bertz CT molecular complexity index is 2330. The highest BCUT2D eigenvalue weighted by Crippen LogP contribution is 2.55. The Morgan fingerprint density at radius 3 is 2.23 bits per heavy atom. The molecule has 0 aromatic heterocycles. The van der Waals surface area contributed by atoms with Gasteiger partial charge in [-0.1, -0.05) is 71.1 Å². The number of cyclic esters (lactones) is 1. The summed E-state index contributed by atoms with van der Waals surface area (Å²) in [5.74, 6) is -10.1. The number of aliphatic hydroxyl groups excluding tert-OH is 1. The second-order valence-electron chi connectivity index (χ2n) is 22.9. The second-order valence-corrected chi connectivity index (χ2v) is 27.5. The molecule has 3 aliphatic heterocycles. The maximum Gasteiger partial charge on any atom is 0.508 e. The second kappa shape index (κ2) is 31.8. The molecule has 4 aliphatic rings. The predicted octanol–water partition coefficient (Wildman–Crippen LogP) is 7.53. The lowest BCUT2D eigenvalue weighted by molar-refractivity contribution is -0.265. The number of unbranched alkanes of at least 4 members (excludes halogenated alkanes) is 1. The molecule has 1 unspecified atom stereocenters. The van der Waals surface area contributed by atoms with Crippen LogP contribution in [-0.4, -0.2) is 166 Å². The summed E-state index contributed by atoms with van der Waals surface area (Å²) in [5.41, 5.74) is 1.17. The molecule has 5 N–H and O–H groups in total. The summed E-state index contributed by atoms with van der Waals surface area (Å²) in [6.07, 6.45) is 7.99. The number of fused-ring (bicyclic) bond motifs is 3. The van der Waals surface area contributed by atoms with Gasteiger partial charge in [-0.25, -0.2) is 9.59 Å².